The lowest BCUT2D eigenvalue weighted by Crippen LogP contribution is -2.17. The average molecular weight is 450 g/mol. The molecule has 1 heterocycles. The van der Waals surface area contributed by atoms with Gasteiger partial charge in [0.15, 0.2) is 5.78 Å². The molecule has 168 valence electrons. The number of nitrogens with one attached hydrogen (secondary N) is 3. The smallest absolute Gasteiger partial charge is 0.256 e. The van der Waals surface area contributed by atoms with Gasteiger partial charge in [0, 0.05) is 29.7 Å². The van der Waals surface area contributed by atoms with Gasteiger partial charge < -0.3 is 10.3 Å². The number of ketones is 1. The summed E-state index contributed by atoms with van der Waals surface area (Å²) in [5.74, 6) is 1.78. The molecule has 0 aliphatic heterocycles. The normalized spacial score (nSPS) is 10.5. The van der Waals surface area contributed by atoms with E-state index in [0.717, 1.165) is 5.56 Å². The highest BCUT2D eigenvalue weighted by Gasteiger charge is 2.19. The molecule has 0 aliphatic rings. The van der Waals surface area contributed by atoms with E-state index in [1.165, 1.54) is 0 Å². The topological polar surface area (TPSA) is 104 Å². The average Bonchev–Trinajstić information content (AvgIpc) is 3.25. The molecule has 3 N–H and O–H groups in total. The van der Waals surface area contributed by atoms with Gasteiger partial charge in [0.1, 0.15) is 0 Å². The number of benzene rings is 3. The monoisotopic (exact) mass is 450 g/mol. The van der Waals surface area contributed by atoms with E-state index in [1.807, 2.05) is 31.2 Å². The molecule has 0 saturated heterocycles. The summed E-state index contributed by atoms with van der Waals surface area (Å²) in [6.45, 7) is 1.96. The molecule has 7 heteroatoms. The lowest BCUT2D eigenvalue weighted by molar-refractivity contribution is -0.116. The van der Waals surface area contributed by atoms with Gasteiger partial charge in [0.2, 0.25) is 11.9 Å². The van der Waals surface area contributed by atoms with E-state index in [0.29, 0.717) is 28.7 Å². The number of hydrogen-bond acceptors (Lipinski definition) is 4. The minimum absolute atomic E-state index is 0.193. The molecule has 1 aromatic heterocycles. The third kappa shape index (κ3) is 5.03. The van der Waals surface area contributed by atoms with Gasteiger partial charge in [-0.05, 0) is 43.3 Å². The minimum Gasteiger partial charge on any atom is -0.324 e. The highest BCUT2D eigenvalue weighted by Crippen LogP contribution is 2.21. The van der Waals surface area contributed by atoms with Gasteiger partial charge in [0.05, 0.1) is 16.6 Å². The van der Waals surface area contributed by atoms with Crippen molar-refractivity contribution in [1.82, 2.24) is 9.97 Å². The van der Waals surface area contributed by atoms with Gasteiger partial charge in [-0.2, -0.15) is 0 Å². The third-order valence-electron chi connectivity index (χ3n) is 5.22. The summed E-state index contributed by atoms with van der Waals surface area (Å²) in [4.78, 5) is 45.4. The van der Waals surface area contributed by atoms with E-state index >= 15 is 0 Å². The molecule has 0 atom stereocenters. The number of rotatable bonds is 7. The second-order valence-corrected chi connectivity index (χ2v) is 7.76. The first-order valence-electron chi connectivity index (χ1n) is 10.7. The maximum absolute atomic E-state index is 13.3. The Morgan fingerprint density at radius 2 is 1.71 bits per heavy atom. The number of hydrogen-bond donors (Lipinski definition) is 3. The third-order valence-corrected chi connectivity index (χ3v) is 5.22. The molecular formula is C27H22N4O3. The summed E-state index contributed by atoms with van der Waals surface area (Å²) in [5.41, 5.74) is 3.85. The number of amides is 2. The minimum atomic E-state index is -0.368. The number of imidazole rings is 1. The first kappa shape index (κ1) is 22.5. The van der Waals surface area contributed by atoms with E-state index < -0.39 is 0 Å². The predicted octanol–water partition coefficient (Wildman–Crippen LogP) is 4.71. The molecule has 0 unspecified atom stereocenters. The second kappa shape index (κ2) is 9.84. The summed E-state index contributed by atoms with van der Waals surface area (Å²) in [7, 11) is 0. The first-order chi connectivity index (χ1) is 16.4. The molecule has 4 aromatic rings. The van der Waals surface area contributed by atoms with E-state index in [4.69, 9.17) is 6.42 Å². The van der Waals surface area contributed by atoms with Gasteiger partial charge in [-0.25, -0.2) is 4.98 Å². The van der Waals surface area contributed by atoms with Crippen molar-refractivity contribution in [2.45, 2.75) is 19.8 Å². The van der Waals surface area contributed by atoms with Crippen LogP contribution in [-0.4, -0.2) is 27.6 Å². The summed E-state index contributed by atoms with van der Waals surface area (Å²) in [6.07, 6.45) is 5.72. The number of nitrogens with zero attached hydrogens (tertiary/aromatic N) is 1. The Kier molecular flexibility index (Phi) is 6.51. The number of aryl methyl sites for hydroxylation is 1. The van der Waals surface area contributed by atoms with Crippen molar-refractivity contribution in [3.8, 4) is 12.3 Å². The lowest BCUT2D eigenvalue weighted by Gasteiger charge is -2.10. The standard InChI is InChI=1S/C27H22N4O3/c1-3-4-9-24(32)31-27-29-22-15-12-18(16-23(22)30-27)25(33)20-7-5-6-8-21(20)26(34)28-19-13-10-17(2)11-14-19/h1,5-8,10-16H,4,9H2,2H3,(H,28,34)(H2,29,30,31,32). The van der Waals surface area contributed by atoms with Crippen molar-refractivity contribution in [3.05, 3.63) is 89.0 Å². The molecule has 34 heavy (non-hydrogen) atoms. The van der Waals surface area contributed by atoms with Gasteiger partial charge in [-0.15, -0.1) is 12.3 Å². The van der Waals surface area contributed by atoms with Gasteiger partial charge in [-0.1, -0.05) is 35.9 Å². The molecule has 0 spiro atoms. The summed E-state index contributed by atoms with van der Waals surface area (Å²) in [5, 5.41) is 5.50. The molecule has 0 saturated carbocycles. The molecule has 0 fully saturated rings. The number of H-pyrrole nitrogens is 1. The van der Waals surface area contributed by atoms with Crippen LogP contribution in [0.15, 0.2) is 66.7 Å². The fourth-order valence-corrected chi connectivity index (χ4v) is 3.46. The number of carbonyl (C=O) groups is 3. The van der Waals surface area contributed by atoms with E-state index in [2.05, 4.69) is 26.5 Å². The molecule has 0 bridgehead atoms. The summed E-state index contributed by atoms with van der Waals surface area (Å²) in [6, 6.07) is 19.1. The first-order valence-corrected chi connectivity index (χ1v) is 10.7. The van der Waals surface area contributed by atoms with Crippen LogP contribution in [0, 0.1) is 19.3 Å². The van der Waals surface area contributed by atoms with Gasteiger partial charge in [-0.3, -0.25) is 19.7 Å². The lowest BCUT2D eigenvalue weighted by atomic mass is 9.97. The Balaban J connectivity index is 1.57. The second-order valence-electron chi connectivity index (χ2n) is 7.76. The van der Waals surface area contributed by atoms with Crippen molar-refractivity contribution < 1.29 is 14.4 Å². The van der Waals surface area contributed by atoms with Crippen LogP contribution in [0.25, 0.3) is 11.0 Å². The highest BCUT2D eigenvalue weighted by atomic mass is 16.2. The van der Waals surface area contributed by atoms with Crippen molar-refractivity contribution in [2.75, 3.05) is 10.6 Å². The highest BCUT2D eigenvalue weighted by molar-refractivity contribution is 6.18. The van der Waals surface area contributed by atoms with Crippen LogP contribution in [0.1, 0.15) is 44.7 Å². The van der Waals surface area contributed by atoms with Crippen LogP contribution >= 0.6 is 0 Å². The molecule has 4 rings (SSSR count). The zero-order valence-corrected chi connectivity index (χ0v) is 18.5. The quantitative estimate of drug-likeness (QED) is 0.280. The summed E-state index contributed by atoms with van der Waals surface area (Å²) < 4.78 is 0. The zero-order valence-electron chi connectivity index (χ0n) is 18.5. The van der Waals surface area contributed by atoms with Gasteiger partial charge >= 0.3 is 0 Å². The maximum Gasteiger partial charge on any atom is 0.256 e. The zero-order chi connectivity index (χ0) is 24.1. The Hall–Kier alpha value is -4.70. The fraction of sp³-hybridized carbons (Fsp3) is 0.111. The number of anilines is 2. The number of aromatic amines is 1. The largest absolute Gasteiger partial charge is 0.324 e. The van der Waals surface area contributed by atoms with Crippen molar-refractivity contribution in [3.63, 3.8) is 0 Å². The van der Waals surface area contributed by atoms with Crippen LogP contribution in [0.4, 0.5) is 11.6 Å². The van der Waals surface area contributed by atoms with Crippen molar-refractivity contribution >= 4 is 40.3 Å². The number of terminal acetylenes is 1. The van der Waals surface area contributed by atoms with Crippen LogP contribution in [0.2, 0.25) is 0 Å². The van der Waals surface area contributed by atoms with E-state index in [9.17, 15) is 14.4 Å². The van der Waals surface area contributed by atoms with Crippen LogP contribution in [0.3, 0.4) is 0 Å². The van der Waals surface area contributed by atoms with Crippen LogP contribution in [0.5, 0.6) is 0 Å². The Bertz CT molecular complexity index is 1430. The molecule has 3 aromatic carbocycles. The van der Waals surface area contributed by atoms with E-state index in [1.54, 1.807) is 42.5 Å². The van der Waals surface area contributed by atoms with Crippen LogP contribution in [-0.2, 0) is 4.79 Å². The molecule has 7 nitrogen and oxygen atoms in total. The van der Waals surface area contributed by atoms with Crippen molar-refractivity contribution in [1.29, 1.82) is 0 Å². The SMILES string of the molecule is C#CCCC(=O)Nc1nc2ccc(C(=O)c3ccccc3C(=O)Nc3ccc(C)cc3)cc2[nH]1. The maximum atomic E-state index is 13.3. The Labute approximate surface area is 196 Å². The number of carbonyl (C=O) groups excluding carboxylic acids is 3. The number of aromatic nitrogens is 2. The van der Waals surface area contributed by atoms with Crippen LogP contribution < -0.4 is 10.6 Å². The predicted molar refractivity (Wildman–Crippen MR) is 132 cm³/mol. The van der Waals surface area contributed by atoms with E-state index in [-0.39, 0.29) is 41.1 Å². The van der Waals surface area contributed by atoms with Crippen molar-refractivity contribution in [2.24, 2.45) is 0 Å². The molecular weight excluding hydrogens is 428 g/mol. The Morgan fingerprint density at radius 3 is 2.44 bits per heavy atom. The molecule has 0 aliphatic carbocycles. The Morgan fingerprint density at radius 1 is 0.971 bits per heavy atom. The fourth-order valence-electron chi connectivity index (χ4n) is 3.46. The molecule has 2 amide bonds. The molecule has 0 radical (unpaired) electrons. The summed E-state index contributed by atoms with van der Waals surface area (Å²) >= 11 is 0. The van der Waals surface area contributed by atoms with Gasteiger partial charge in [0.25, 0.3) is 5.91 Å². The number of fused-ring (bicyclic) bond motifs is 1.